The van der Waals surface area contributed by atoms with Crippen molar-refractivity contribution in [3.63, 3.8) is 0 Å². The lowest BCUT2D eigenvalue weighted by Crippen LogP contribution is -2.23. The number of halogens is 1. The molecule has 1 fully saturated rings. The summed E-state index contributed by atoms with van der Waals surface area (Å²) >= 11 is 7.53. The van der Waals surface area contributed by atoms with E-state index in [1.165, 1.54) is 16.7 Å². The third-order valence-corrected chi connectivity index (χ3v) is 5.57. The number of thioether (sulfide) groups is 1. The zero-order valence-corrected chi connectivity index (χ0v) is 18.7. The van der Waals surface area contributed by atoms with Crippen LogP contribution >= 0.6 is 23.4 Å². The summed E-state index contributed by atoms with van der Waals surface area (Å²) in [7, 11) is 1.67. The van der Waals surface area contributed by atoms with E-state index in [0.717, 1.165) is 5.56 Å². The Bertz CT molecular complexity index is 1060. The maximum absolute atomic E-state index is 12.6. The first-order valence-corrected chi connectivity index (χ1v) is 10.7. The number of benzene rings is 2. The van der Waals surface area contributed by atoms with Crippen LogP contribution in [-0.4, -0.2) is 42.2 Å². The molecule has 1 heterocycles. The molecule has 1 saturated heterocycles. The predicted molar refractivity (Wildman–Crippen MR) is 125 cm³/mol. The molecule has 0 N–H and O–H groups in total. The molecule has 0 atom stereocenters. The monoisotopic (exact) mass is 456 g/mol. The third-order valence-electron chi connectivity index (χ3n) is 4.22. The Kier molecular flexibility index (Phi) is 7.55. The van der Waals surface area contributed by atoms with Gasteiger partial charge in [0.2, 0.25) is 0 Å². The van der Waals surface area contributed by atoms with Crippen molar-refractivity contribution in [3.8, 4) is 5.75 Å². The minimum atomic E-state index is -0.381. The second-order valence-corrected chi connectivity index (χ2v) is 7.84. The predicted octanol–water partition coefficient (Wildman–Crippen LogP) is 5.32. The fourth-order valence-corrected chi connectivity index (χ4v) is 3.90. The quantitative estimate of drug-likeness (QED) is 0.320. The number of aliphatic imine (C=N–C) groups is 1. The van der Waals surface area contributed by atoms with Crippen LogP contribution < -0.4 is 4.74 Å². The normalized spacial score (nSPS) is 16.1. The van der Waals surface area contributed by atoms with Crippen LogP contribution in [0, 0.1) is 0 Å². The zero-order chi connectivity index (χ0) is 22.4. The van der Waals surface area contributed by atoms with E-state index in [4.69, 9.17) is 21.1 Å². The van der Waals surface area contributed by atoms with E-state index in [1.807, 2.05) is 6.07 Å². The van der Waals surface area contributed by atoms with Gasteiger partial charge in [-0.1, -0.05) is 30.3 Å². The molecule has 1 aliphatic heterocycles. The van der Waals surface area contributed by atoms with Gasteiger partial charge in [-0.3, -0.25) is 9.69 Å². The minimum absolute atomic E-state index is 0.157. The number of esters is 1. The zero-order valence-electron chi connectivity index (χ0n) is 17.1. The molecular weight excluding hydrogens is 436 g/mol. The van der Waals surface area contributed by atoms with E-state index < -0.39 is 0 Å². The molecule has 3 rings (SSSR count). The average molecular weight is 457 g/mol. The van der Waals surface area contributed by atoms with Crippen molar-refractivity contribution in [1.82, 2.24) is 4.90 Å². The molecule has 2 aromatic rings. The number of hydrogen-bond acceptors (Lipinski definition) is 6. The topological polar surface area (TPSA) is 68.2 Å². The lowest BCUT2D eigenvalue weighted by Gasteiger charge is -2.07. The van der Waals surface area contributed by atoms with Crippen LogP contribution in [0.15, 0.2) is 65.0 Å². The van der Waals surface area contributed by atoms with Gasteiger partial charge in [-0.05, 0) is 66.7 Å². The second kappa shape index (κ2) is 10.3. The van der Waals surface area contributed by atoms with Crippen LogP contribution in [-0.2, 0) is 9.53 Å². The van der Waals surface area contributed by atoms with Crippen molar-refractivity contribution in [2.45, 2.75) is 6.92 Å². The summed E-state index contributed by atoms with van der Waals surface area (Å²) in [5.41, 5.74) is 1.86. The Morgan fingerprint density at radius 2 is 2.00 bits per heavy atom. The highest BCUT2D eigenvalue weighted by atomic mass is 35.5. The highest BCUT2D eigenvalue weighted by Crippen LogP contribution is 2.34. The van der Waals surface area contributed by atoms with E-state index in [0.29, 0.717) is 45.3 Å². The minimum Gasteiger partial charge on any atom is -0.488 e. The number of ether oxygens (including phenoxy) is 2. The van der Waals surface area contributed by atoms with Crippen molar-refractivity contribution in [2.75, 3.05) is 20.3 Å². The summed E-state index contributed by atoms with van der Waals surface area (Å²) in [6.07, 6.45) is 3.40. The summed E-state index contributed by atoms with van der Waals surface area (Å²) in [6.45, 7) is 6.04. The molecular formula is C23H21ClN2O4S. The molecule has 0 saturated carbocycles. The largest absolute Gasteiger partial charge is 0.488 e. The number of likely N-dealkylation sites (N-methyl/N-ethyl adjacent to an activating group) is 1. The molecule has 1 aliphatic rings. The van der Waals surface area contributed by atoms with E-state index in [9.17, 15) is 9.59 Å². The van der Waals surface area contributed by atoms with Crippen LogP contribution in [0.5, 0.6) is 5.75 Å². The maximum Gasteiger partial charge on any atom is 0.338 e. The molecule has 31 heavy (non-hydrogen) atoms. The van der Waals surface area contributed by atoms with Gasteiger partial charge in [0, 0.05) is 7.05 Å². The molecule has 2 aromatic carbocycles. The van der Waals surface area contributed by atoms with Gasteiger partial charge in [0.05, 0.1) is 27.8 Å². The fraction of sp³-hybridized carbons (Fsp3) is 0.174. The van der Waals surface area contributed by atoms with Crippen LogP contribution in [0.3, 0.4) is 0 Å². The second-order valence-electron chi connectivity index (χ2n) is 6.43. The standard InChI is InChI=1S/C23H21ClN2O4S/c1-4-12-30-19-11-6-15(13-18(19)24)14-20-21(27)26(3)23(31-20)25-17-9-7-16(8-10-17)22(28)29-5-2/h4,6-11,13-14H,1,5,12H2,2-3H3. The Labute approximate surface area is 190 Å². The molecule has 6 nitrogen and oxygen atoms in total. The van der Waals surface area contributed by atoms with Gasteiger partial charge in [-0.15, -0.1) is 0 Å². The Morgan fingerprint density at radius 3 is 2.65 bits per heavy atom. The number of amidine groups is 1. The number of amides is 1. The van der Waals surface area contributed by atoms with E-state index in [1.54, 1.807) is 62.5 Å². The molecule has 1 amide bonds. The first-order valence-electron chi connectivity index (χ1n) is 9.49. The summed E-state index contributed by atoms with van der Waals surface area (Å²) in [5, 5.41) is 0.993. The van der Waals surface area contributed by atoms with Gasteiger partial charge in [-0.25, -0.2) is 9.79 Å². The average Bonchev–Trinajstić information content (AvgIpc) is 3.01. The Balaban J connectivity index is 1.78. The van der Waals surface area contributed by atoms with Gasteiger partial charge in [0.1, 0.15) is 12.4 Å². The fourth-order valence-electron chi connectivity index (χ4n) is 2.67. The smallest absolute Gasteiger partial charge is 0.338 e. The van der Waals surface area contributed by atoms with Crippen molar-refractivity contribution >= 4 is 52.2 Å². The van der Waals surface area contributed by atoms with Crippen molar-refractivity contribution in [2.24, 2.45) is 4.99 Å². The third kappa shape index (κ3) is 5.57. The number of rotatable bonds is 7. The van der Waals surface area contributed by atoms with E-state index in [2.05, 4.69) is 11.6 Å². The Hall–Kier alpha value is -3.03. The molecule has 0 bridgehead atoms. The Morgan fingerprint density at radius 1 is 1.26 bits per heavy atom. The van der Waals surface area contributed by atoms with Gasteiger partial charge in [0.25, 0.3) is 5.91 Å². The number of carbonyl (C=O) groups excluding carboxylic acids is 2. The van der Waals surface area contributed by atoms with Crippen molar-refractivity contribution in [1.29, 1.82) is 0 Å². The van der Waals surface area contributed by atoms with Gasteiger partial charge < -0.3 is 9.47 Å². The van der Waals surface area contributed by atoms with E-state index in [-0.39, 0.29) is 11.9 Å². The lowest BCUT2D eigenvalue weighted by atomic mass is 10.2. The van der Waals surface area contributed by atoms with Crippen LogP contribution in [0.1, 0.15) is 22.8 Å². The highest BCUT2D eigenvalue weighted by Gasteiger charge is 2.30. The highest BCUT2D eigenvalue weighted by molar-refractivity contribution is 8.18. The van der Waals surface area contributed by atoms with Gasteiger partial charge >= 0.3 is 5.97 Å². The summed E-state index contributed by atoms with van der Waals surface area (Å²) in [4.78, 5) is 31.0. The van der Waals surface area contributed by atoms with Crippen LogP contribution in [0.2, 0.25) is 5.02 Å². The van der Waals surface area contributed by atoms with Crippen LogP contribution in [0.25, 0.3) is 6.08 Å². The van der Waals surface area contributed by atoms with Crippen LogP contribution in [0.4, 0.5) is 5.69 Å². The molecule has 0 aliphatic carbocycles. The molecule has 0 unspecified atom stereocenters. The molecule has 8 heteroatoms. The number of nitrogens with zero attached hydrogens (tertiary/aromatic N) is 2. The molecule has 160 valence electrons. The summed E-state index contributed by atoms with van der Waals surface area (Å²) < 4.78 is 10.4. The number of hydrogen-bond donors (Lipinski definition) is 0. The van der Waals surface area contributed by atoms with Gasteiger partial charge in [0.15, 0.2) is 5.17 Å². The van der Waals surface area contributed by atoms with Crippen molar-refractivity contribution < 1.29 is 19.1 Å². The van der Waals surface area contributed by atoms with Gasteiger partial charge in [-0.2, -0.15) is 0 Å². The van der Waals surface area contributed by atoms with Crippen molar-refractivity contribution in [3.05, 3.63) is 76.2 Å². The number of carbonyl (C=O) groups is 2. The summed E-state index contributed by atoms with van der Waals surface area (Å²) in [6, 6.07) is 12.0. The lowest BCUT2D eigenvalue weighted by molar-refractivity contribution is -0.121. The molecule has 0 spiro atoms. The maximum atomic E-state index is 12.6. The molecule has 0 radical (unpaired) electrons. The van der Waals surface area contributed by atoms with E-state index >= 15 is 0 Å². The first kappa shape index (κ1) is 22.7. The summed E-state index contributed by atoms with van der Waals surface area (Å²) in [5.74, 6) is 0.0174. The SMILES string of the molecule is C=CCOc1ccc(C=C2SC(=Nc3ccc(C(=O)OCC)cc3)N(C)C2=O)cc1Cl. The molecule has 0 aromatic heterocycles. The first-order chi connectivity index (χ1) is 14.9.